The van der Waals surface area contributed by atoms with Gasteiger partial charge in [-0.15, -0.1) is 11.8 Å². The molecule has 2 aromatic carbocycles. The molecular formula is C33H36ClN2O3S3+. The maximum absolute atomic E-state index is 11.4. The second-order valence-electron chi connectivity index (χ2n) is 10.4. The highest BCUT2D eigenvalue weighted by Crippen LogP contribution is 2.48. The number of carbonyl (C=O) groups is 1. The van der Waals surface area contributed by atoms with Gasteiger partial charge in [-0.3, -0.25) is 4.79 Å². The number of hydrogen-bond acceptors (Lipinski definition) is 6. The molecule has 3 aromatic rings. The average Bonchev–Trinajstić information content (AvgIpc) is 3.50. The predicted octanol–water partition coefficient (Wildman–Crippen LogP) is 8.82. The van der Waals surface area contributed by atoms with Gasteiger partial charge in [0.15, 0.2) is 6.54 Å². The molecule has 0 spiro atoms. The van der Waals surface area contributed by atoms with Gasteiger partial charge in [-0.2, -0.15) is 4.57 Å². The minimum Gasteiger partial charge on any atom is -0.481 e. The number of thioether (sulfide) groups is 2. The van der Waals surface area contributed by atoms with E-state index in [0.717, 1.165) is 41.4 Å². The first-order chi connectivity index (χ1) is 20.4. The van der Waals surface area contributed by atoms with Crippen LogP contribution in [0.25, 0.3) is 16.3 Å². The number of nitrogens with zero attached hydrogens (tertiary/aromatic N) is 2. The Morgan fingerprint density at radius 1 is 1.26 bits per heavy atom. The molecule has 2 aliphatic rings. The van der Waals surface area contributed by atoms with Gasteiger partial charge in [0.25, 0.3) is 5.01 Å². The minimum atomic E-state index is -0.804. The van der Waals surface area contributed by atoms with Crippen molar-refractivity contribution in [1.29, 1.82) is 0 Å². The van der Waals surface area contributed by atoms with Crippen LogP contribution >= 0.6 is 46.5 Å². The molecule has 1 unspecified atom stereocenters. The van der Waals surface area contributed by atoms with Gasteiger partial charge in [0.1, 0.15) is 11.3 Å². The Bertz CT molecular complexity index is 1590. The third kappa shape index (κ3) is 7.34. The Kier molecular flexibility index (Phi) is 10.6. The van der Waals surface area contributed by atoms with Crippen molar-refractivity contribution in [1.82, 2.24) is 0 Å². The van der Waals surface area contributed by atoms with Gasteiger partial charge in [-0.1, -0.05) is 66.3 Å². The van der Waals surface area contributed by atoms with E-state index < -0.39 is 5.97 Å². The molecule has 1 atom stereocenters. The molecule has 42 heavy (non-hydrogen) atoms. The summed E-state index contributed by atoms with van der Waals surface area (Å²) in [6, 6.07) is 12.5. The lowest BCUT2D eigenvalue weighted by molar-refractivity contribution is -0.670. The minimum absolute atomic E-state index is 0.0666. The first-order valence-corrected chi connectivity index (χ1v) is 17.4. The van der Waals surface area contributed by atoms with Crippen LogP contribution in [0.3, 0.4) is 0 Å². The van der Waals surface area contributed by atoms with Crippen LogP contribution in [0.4, 0.5) is 5.69 Å². The molecule has 0 radical (unpaired) electrons. The fourth-order valence-corrected chi connectivity index (χ4v) is 8.20. The SMILES string of the molecule is CCC1CC(/C=C2\Sc3ccc(Cl)cc3N2CCC(=O)O)=CC(=C/C=C/c2sc3ccc(SC)cc3[n+]2CCOC)/C1. The number of allylic oxidation sites excluding steroid dienone is 6. The summed E-state index contributed by atoms with van der Waals surface area (Å²) in [7, 11) is 1.75. The van der Waals surface area contributed by atoms with Crippen molar-refractivity contribution < 1.29 is 19.2 Å². The summed E-state index contributed by atoms with van der Waals surface area (Å²) in [6.07, 6.45) is 16.5. The molecule has 0 saturated carbocycles. The largest absolute Gasteiger partial charge is 0.481 e. The molecule has 0 bridgehead atoms. The van der Waals surface area contributed by atoms with E-state index in [1.165, 1.54) is 31.3 Å². The number of rotatable bonds is 11. The van der Waals surface area contributed by atoms with Gasteiger partial charge in [-0.05, 0) is 72.6 Å². The number of ether oxygens (including phenoxy) is 1. The molecule has 1 aliphatic carbocycles. The average molecular weight is 640 g/mol. The number of thiazole rings is 1. The van der Waals surface area contributed by atoms with Crippen LogP contribution in [0.15, 0.2) is 86.7 Å². The van der Waals surface area contributed by atoms with E-state index >= 15 is 0 Å². The summed E-state index contributed by atoms with van der Waals surface area (Å²) in [5.41, 5.74) is 4.82. The Morgan fingerprint density at radius 2 is 2.12 bits per heavy atom. The number of hydrogen-bond donors (Lipinski definition) is 1. The maximum Gasteiger partial charge on any atom is 0.305 e. The van der Waals surface area contributed by atoms with E-state index in [4.69, 9.17) is 16.3 Å². The standard InChI is InChI=1S/C33H35ClN2O3S3/c1-4-22-16-23(6-5-7-31-36(14-15-39-2)28-21-26(40-3)9-11-30(28)41-31)18-24(17-22)19-32-35(13-12-33(37)38)27-20-25(34)8-10-29(27)42-32/h5-11,18-22H,4,12-17H2,1-3H3/p+1. The van der Waals surface area contributed by atoms with Crippen LogP contribution in [0.5, 0.6) is 0 Å². The molecule has 5 rings (SSSR count). The lowest BCUT2D eigenvalue weighted by Gasteiger charge is -2.24. The second kappa shape index (κ2) is 14.3. The maximum atomic E-state index is 11.4. The molecule has 0 saturated heterocycles. The number of carboxylic acids is 1. The van der Waals surface area contributed by atoms with Gasteiger partial charge in [0.2, 0.25) is 5.52 Å². The molecule has 5 nitrogen and oxygen atoms in total. The Labute approximate surface area is 265 Å². The molecule has 0 amide bonds. The van der Waals surface area contributed by atoms with Crippen LogP contribution in [0.2, 0.25) is 5.02 Å². The number of carboxylic acid groups (broad SMARTS) is 1. The van der Waals surface area contributed by atoms with Crippen molar-refractivity contribution in [3.8, 4) is 0 Å². The van der Waals surface area contributed by atoms with E-state index in [1.54, 1.807) is 42.0 Å². The quantitative estimate of drug-likeness (QED) is 0.167. The third-order valence-electron chi connectivity index (χ3n) is 7.55. The molecule has 1 N–H and O–H groups in total. The first-order valence-electron chi connectivity index (χ1n) is 14.1. The van der Waals surface area contributed by atoms with Crippen LogP contribution in [-0.4, -0.2) is 37.6 Å². The second-order valence-corrected chi connectivity index (χ2v) is 13.9. The van der Waals surface area contributed by atoms with Gasteiger partial charge >= 0.3 is 5.97 Å². The highest BCUT2D eigenvalue weighted by atomic mass is 35.5. The molecule has 1 aromatic heterocycles. The van der Waals surface area contributed by atoms with Crippen molar-refractivity contribution >= 4 is 74.4 Å². The number of aromatic nitrogens is 1. The molecule has 220 valence electrons. The van der Waals surface area contributed by atoms with Crippen LogP contribution < -0.4 is 9.47 Å². The van der Waals surface area contributed by atoms with E-state index in [0.29, 0.717) is 24.1 Å². The zero-order valence-corrected chi connectivity index (χ0v) is 27.3. The monoisotopic (exact) mass is 639 g/mol. The van der Waals surface area contributed by atoms with E-state index in [2.05, 4.69) is 71.2 Å². The van der Waals surface area contributed by atoms with Gasteiger partial charge in [0.05, 0.1) is 17.1 Å². The molecule has 9 heteroatoms. The van der Waals surface area contributed by atoms with Crippen molar-refractivity contribution in [2.75, 3.05) is 31.4 Å². The van der Waals surface area contributed by atoms with E-state index in [9.17, 15) is 9.90 Å². The van der Waals surface area contributed by atoms with Crippen molar-refractivity contribution in [2.24, 2.45) is 5.92 Å². The first kappa shape index (κ1) is 31.0. The zero-order valence-electron chi connectivity index (χ0n) is 24.1. The van der Waals surface area contributed by atoms with Crippen molar-refractivity contribution in [3.05, 3.63) is 86.9 Å². The number of anilines is 1. The number of fused-ring (bicyclic) bond motifs is 2. The predicted molar refractivity (Wildman–Crippen MR) is 179 cm³/mol. The summed E-state index contributed by atoms with van der Waals surface area (Å²) >= 11 is 11.6. The molecule has 1 aliphatic heterocycles. The van der Waals surface area contributed by atoms with Gasteiger partial charge in [-0.25, -0.2) is 0 Å². The van der Waals surface area contributed by atoms with E-state index in [1.807, 2.05) is 18.2 Å². The zero-order chi connectivity index (χ0) is 29.6. The molecule has 2 heterocycles. The highest BCUT2D eigenvalue weighted by Gasteiger charge is 2.27. The Hall–Kier alpha value is -2.49. The lowest BCUT2D eigenvalue weighted by atomic mass is 9.84. The number of halogens is 1. The smallest absolute Gasteiger partial charge is 0.305 e. The number of aliphatic carboxylic acids is 1. The topological polar surface area (TPSA) is 53.7 Å². The fourth-order valence-electron chi connectivity index (χ4n) is 5.38. The summed E-state index contributed by atoms with van der Waals surface area (Å²) < 4.78 is 9.04. The lowest BCUT2D eigenvalue weighted by Crippen LogP contribution is -2.37. The van der Waals surface area contributed by atoms with Crippen LogP contribution in [-0.2, 0) is 16.1 Å². The molecule has 0 fully saturated rings. The Balaban J connectivity index is 1.43. The summed E-state index contributed by atoms with van der Waals surface area (Å²) in [4.78, 5) is 15.9. The fraction of sp³-hybridized carbons (Fsp3) is 0.333. The number of methoxy groups -OCH3 is 1. The summed E-state index contributed by atoms with van der Waals surface area (Å²) in [5.74, 6) is -0.236. The van der Waals surface area contributed by atoms with E-state index in [-0.39, 0.29) is 6.42 Å². The highest BCUT2D eigenvalue weighted by molar-refractivity contribution is 8.03. The number of benzene rings is 2. The van der Waals surface area contributed by atoms with Gasteiger partial charge < -0.3 is 14.7 Å². The van der Waals surface area contributed by atoms with Crippen LogP contribution in [0.1, 0.15) is 37.6 Å². The summed E-state index contributed by atoms with van der Waals surface area (Å²) in [6.45, 7) is 4.14. The van der Waals surface area contributed by atoms with Crippen LogP contribution in [0, 0.1) is 5.92 Å². The Morgan fingerprint density at radius 3 is 2.88 bits per heavy atom. The van der Waals surface area contributed by atoms with Crippen molar-refractivity contribution in [3.63, 3.8) is 0 Å². The third-order valence-corrected chi connectivity index (χ3v) is 10.8. The van der Waals surface area contributed by atoms with Gasteiger partial charge in [0, 0.05) is 40.6 Å². The van der Waals surface area contributed by atoms with Crippen molar-refractivity contribution in [2.45, 2.75) is 48.9 Å². The normalized spacial score (nSPS) is 18.9. The molecular weight excluding hydrogens is 604 g/mol. The summed E-state index contributed by atoms with van der Waals surface area (Å²) in [5, 5.41) is 12.3.